The molecule has 2 aliphatic carbocycles. The predicted molar refractivity (Wildman–Crippen MR) is 111 cm³/mol. The lowest BCUT2D eigenvalue weighted by Crippen LogP contribution is -2.40. The number of carbonyl (C=O) groups is 1. The quantitative estimate of drug-likeness (QED) is 0.584. The number of phenols is 1. The monoisotopic (exact) mass is 399 g/mol. The van der Waals surface area contributed by atoms with Crippen molar-refractivity contribution in [1.29, 1.82) is 0 Å². The number of aliphatic hydroxyl groups is 1. The number of nitrogens with zero attached hydrogens (tertiary/aromatic N) is 1. The third-order valence-corrected chi connectivity index (χ3v) is 7.35. The molecular formula is C24H33NO4. The molecule has 5 heteroatoms. The van der Waals surface area contributed by atoms with Crippen molar-refractivity contribution < 1.29 is 19.7 Å². The molecule has 4 rings (SSSR count). The highest BCUT2D eigenvalue weighted by Crippen LogP contribution is 2.53. The van der Waals surface area contributed by atoms with Gasteiger partial charge in [0, 0.05) is 19.0 Å². The van der Waals surface area contributed by atoms with Gasteiger partial charge in [0.05, 0.1) is 12.0 Å². The van der Waals surface area contributed by atoms with Gasteiger partial charge < -0.3 is 19.8 Å². The van der Waals surface area contributed by atoms with Crippen LogP contribution in [-0.4, -0.2) is 47.3 Å². The summed E-state index contributed by atoms with van der Waals surface area (Å²) in [6.07, 6.45) is 6.31. The van der Waals surface area contributed by atoms with Crippen LogP contribution in [0.2, 0.25) is 0 Å². The number of allylic oxidation sites excluding steroid dienone is 1. The number of hydrogen-bond donors (Lipinski definition) is 2. The number of aromatic hydroxyl groups is 1. The van der Waals surface area contributed by atoms with Crippen LogP contribution in [0.25, 0.3) is 0 Å². The Kier molecular flexibility index (Phi) is 5.47. The van der Waals surface area contributed by atoms with Crippen molar-refractivity contribution in [2.24, 2.45) is 23.2 Å². The summed E-state index contributed by atoms with van der Waals surface area (Å²) < 4.78 is 5.83. The van der Waals surface area contributed by atoms with E-state index in [0.717, 1.165) is 12.0 Å². The van der Waals surface area contributed by atoms with Gasteiger partial charge in [-0.25, -0.2) is 0 Å². The molecule has 0 unspecified atom stereocenters. The zero-order valence-corrected chi connectivity index (χ0v) is 17.7. The first-order chi connectivity index (χ1) is 13.8. The van der Waals surface area contributed by atoms with Gasteiger partial charge in [0.15, 0.2) is 0 Å². The Morgan fingerprint density at radius 1 is 1.31 bits per heavy atom. The van der Waals surface area contributed by atoms with Gasteiger partial charge in [-0.2, -0.15) is 0 Å². The highest BCUT2D eigenvalue weighted by atomic mass is 16.6. The molecule has 1 saturated carbocycles. The molecule has 1 aromatic carbocycles. The maximum Gasteiger partial charge on any atom is 0.311 e. The molecule has 1 aromatic rings. The van der Waals surface area contributed by atoms with E-state index in [0.29, 0.717) is 19.0 Å². The van der Waals surface area contributed by atoms with Gasteiger partial charge in [0.25, 0.3) is 0 Å². The first kappa shape index (κ1) is 20.4. The van der Waals surface area contributed by atoms with E-state index in [4.69, 9.17) is 4.74 Å². The smallest absolute Gasteiger partial charge is 0.311 e. The minimum Gasteiger partial charge on any atom is -0.508 e. The Hall–Kier alpha value is -1.85. The van der Waals surface area contributed by atoms with Gasteiger partial charge >= 0.3 is 5.97 Å². The summed E-state index contributed by atoms with van der Waals surface area (Å²) in [5.41, 5.74) is 2.46. The van der Waals surface area contributed by atoms with Crippen LogP contribution in [0.5, 0.6) is 5.75 Å². The zero-order valence-electron chi connectivity index (χ0n) is 17.7. The van der Waals surface area contributed by atoms with E-state index in [1.807, 2.05) is 11.9 Å². The molecule has 29 heavy (non-hydrogen) atoms. The molecule has 1 heterocycles. The number of esters is 1. The molecule has 0 bridgehead atoms. The lowest BCUT2D eigenvalue weighted by molar-refractivity contribution is -0.145. The number of ether oxygens (including phenoxy) is 1. The molecule has 158 valence electrons. The first-order valence-electron chi connectivity index (χ1n) is 10.8. The largest absolute Gasteiger partial charge is 0.508 e. The fraction of sp³-hybridized carbons (Fsp3) is 0.625. The predicted octanol–water partition coefficient (Wildman–Crippen LogP) is 3.67. The lowest BCUT2D eigenvalue weighted by Gasteiger charge is -2.46. The number of aliphatic hydroxyl groups excluding tert-OH is 1. The fourth-order valence-electron chi connectivity index (χ4n) is 5.77. The first-order valence-corrected chi connectivity index (χ1v) is 10.8. The molecule has 1 saturated heterocycles. The van der Waals surface area contributed by atoms with Crippen LogP contribution < -0.4 is 0 Å². The Morgan fingerprint density at radius 3 is 2.76 bits per heavy atom. The van der Waals surface area contributed by atoms with E-state index in [1.165, 1.54) is 24.8 Å². The Morgan fingerprint density at radius 2 is 2.03 bits per heavy atom. The number of likely N-dealkylation sites (N-methyl/N-ethyl adjacent to an activating group) is 1. The Balaban J connectivity index is 1.45. The third-order valence-electron chi connectivity index (χ3n) is 7.35. The molecule has 0 amide bonds. The Labute approximate surface area is 173 Å². The molecule has 5 nitrogen and oxygen atoms in total. The minimum absolute atomic E-state index is 0.0121. The lowest BCUT2D eigenvalue weighted by atomic mass is 9.59. The van der Waals surface area contributed by atoms with Crippen LogP contribution in [0.3, 0.4) is 0 Å². The second-order valence-electron chi connectivity index (χ2n) is 9.67. The average Bonchev–Trinajstić information content (AvgIpc) is 2.94. The summed E-state index contributed by atoms with van der Waals surface area (Å²) in [4.78, 5) is 14.7. The van der Waals surface area contributed by atoms with Crippen LogP contribution in [0.1, 0.15) is 51.2 Å². The van der Waals surface area contributed by atoms with Crippen molar-refractivity contribution in [1.82, 2.24) is 4.90 Å². The SMILES string of the molecule is C[C@@H]1CCC[C@@]2(C)C[C@H]3OC(=O)[C@@H](CN(C)C[C@H](O)c4ccc(O)cc4)[C@@H]3C=C12. The van der Waals surface area contributed by atoms with Gasteiger partial charge in [0.2, 0.25) is 0 Å². The molecule has 2 fully saturated rings. The van der Waals surface area contributed by atoms with Crippen LogP contribution in [0.4, 0.5) is 0 Å². The van der Waals surface area contributed by atoms with E-state index in [9.17, 15) is 15.0 Å². The van der Waals surface area contributed by atoms with Gasteiger partial charge in [0.1, 0.15) is 11.9 Å². The number of carbonyl (C=O) groups excluding carboxylic acids is 1. The number of phenolic OH excluding ortho intramolecular Hbond substituents is 1. The summed E-state index contributed by atoms with van der Waals surface area (Å²) >= 11 is 0. The summed E-state index contributed by atoms with van der Waals surface area (Å²) in [5.74, 6) is 0.628. The normalized spacial score (nSPS) is 34.9. The number of rotatable bonds is 5. The van der Waals surface area contributed by atoms with Crippen LogP contribution in [0.15, 0.2) is 35.9 Å². The molecule has 6 atom stereocenters. The van der Waals surface area contributed by atoms with Crippen LogP contribution in [0, 0.1) is 23.2 Å². The molecule has 0 radical (unpaired) electrons. The van der Waals surface area contributed by atoms with Crippen LogP contribution >= 0.6 is 0 Å². The van der Waals surface area contributed by atoms with E-state index in [1.54, 1.807) is 24.3 Å². The molecule has 0 spiro atoms. The van der Waals surface area contributed by atoms with Crippen LogP contribution in [-0.2, 0) is 9.53 Å². The maximum atomic E-state index is 12.7. The fourth-order valence-corrected chi connectivity index (χ4v) is 5.77. The number of benzene rings is 1. The number of fused-ring (bicyclic) bond motifs is 2. The highest BCUT2D eigenvalue weighted by Gasteiger charge is 2.51. The summed E-state index contributed by atoms with van der Waals surface area (Å²) in [5, 5.41) is 19.9. The maximum absolute atomic E-state index is 12.7. The third kappa shape index (κ3) is 3.95. The molecular weight excluding hydrogens is 366 g/mol. The van der Waals surface area contributed by atoms with Crippen molar-refractivity contribution >= 4 is 5.97 Å². The van der Waals surface area contributed by atoms with Crippen molar-refractivity contribution in [3.05, 3.63) is 41.5 Å². The van der Waals surface area contributed by atoms with E-state index < -0.39 is 6.10 Å². The Bertz CT molecular complexity index is 789. The second-order valence-corrected chi connectivity index (χ2v) is 9.67. The van der Waals surface area contributed by atoms with E-state index >= 15 is 0 Å². The van der Waals surface area contributed by atoms with Gasteiger partial charge in [-0.1, -0.05) is 44.1 Å². The summed E-state index contributed by atoms with van der Waals surface area (Å²) in [6.45, 7) is 5.66. The zero-order chi connectivity index (χ0) is 20.8. The van der Waals surface area contributed by atoms with Crippen molar-refractivity contribution in [2.45, 2.75) is 51.7 Å². The minimum atomic E-state index is -0.666. The summed E-state index contributed by atoms with van der Waals surface area (Å²) in [6, 6.07) is 6.61. The molecule has 1 aliphatic heterocycles. The van der Waals surface area contributed by atoms with Gasteiger partial charge in [-0.05, 0) is 55.3 Å². The topological polar surface area (TPSA) is 70.0 Å². The standard InChI is InChI=1S/C24H33NO4/c1-15-5-4-10-24(2)12-22-18(11-20(15)24)19(23(28)29-22)13-25(3)14-21(27)16-6-8-17(26)9-7-16/h6-9,11,15,18-19,21-22,26-27H,4-5,10,12-14H2,1-3H3/t15-,18+,19+,21+,22-,24+/m1/s1. The van der Waals surface area contributed by atoms with Gasteiger partial charge in [-0.15, -0.1) is 0 Å². The van der Waals surface area contributed by atoms with Gasteiger partial charge in [-0.3, -0.25) is 4.79 Å². The van der Waals surface area contributed by atoms with Crippen molar-refractivity contribution in [2.75, 3.05) is 20.1 Å². The van der Waals surface area contributed by atoms with Crippen molar-refractivity contribution in [3.8, 4) is 5.75 Å². The molecule has 2 N–H and O–H groups in total. The molecule has 0 aromatic heterocycles. The van der Waals surface area contributed by atoms with E-state index in [-0.39, 0.29) is 35.1 Å². The highest BCUT2D eigenvalue weighted by molar-refractivity contribution is 5.76. The summed E-state index contributed by atoms with van der Waals surface area (Å²) in [7, 11) is 1.94. The van der Waals surface area contributed by atoms with Crippen molar-refractivity contribution in [3.63, 3.8) is 0 Å². The second kappa shape index (κ2) is 7.77. The average molecular weight is 400 g/mol. The van der Waals surface area contributed by atoms with E-state index in [2.05, 4.69) is 19.9 Å². The molecule has 3 aliphatic rings. The number of hydrogen-bond acceptors (Lipinski definition) is 5.